The quantitative estimate of drug-likeness (QED) is 0.189. The number of amides is 2. The topological polar surface area (TPSA) is 90.7 Å². The lowest BCUT2D eigenvalue weighted by molar-refractivity contribution is 0.0535. The second-order valence-corrected chi connectivity index (χ2v) is 14.5. The number of nitrogens with zero attached hydrogens (tertiary/aromatic N) is 5. The summed E-state index contributed by atoms with van der Waals surface area (Å²) in [6.45, 7) is 5.00. The zero-order valence-corrected chi connectivity index (χ0v) is 30.4. The van der Waals surface area contributed by atoms with Gasteiger partial charge in [-0.3, -0.25) is 19.4 Å². The summed E-state index contributed by atoms with van der Waals surface area (Å²) in [6.07, 6.45) is 2.40. The number of hydrogen-bond donors (Lipinski definition) is 1. The van der Waals surface area contributed by atoms with Crippen molar-refractivity contribution >= 4 is 34.1 Å². The zero-order valence-electron chi connectivity index (χ0n) is 30.4. The highest BCUT2D eigenvalue weighted by molar-refractivity contribution is 6.17. The second kappa shape index (κ2) is 14.2. The van der Waals surface area contributed by atoms with Crippen molar-refractivity contribution in [2.45, 2.75) is 19.0 Å². The minimum atomic E-state index is -0.504. The number of likely N-dealkylation sites (N-methyl/N-ethyl adjacent to an activating group) is 1. The summed E-state index contributed by atoms with van der Waals surface area (Å²) in [5, 5.41) is 10.4. The standard InChI is InChI=1S/C44H40FN5O5/c1-46-17-19-47(20-18-46)26-34-21-29-7-5-6-8-30(29)25-48(34)43(52)37-23-41-42(55-28-54-41)24-40(37)49-27-38(36-22-31(45)11-16-39(36)49)44(53)50(32-9-3-2-4-10-32)33-12-14-35(51)15-13-33/h2-16,22-24,27,34,51H,17-21,25-26,28H2,1H3/t34-/m0/s1. The fraction of sp³-hybridized carbons (Fsp3) is 0.227. The number of carbonyl (C=O) groups is 2. The zero-order chi connectivity index (χ0) is 37.6. The number of benzene rings is 5. The number of aromatic nitrogens is 1. The molecule has 278 valence electrons. The molecule has 1 aromatic heterocycles. The number of ether oxygens (including phenoxy) is 2. The second-order valence-electron chi connectivity index (χ2n) is 14.5. The summed E-state index contributed by atoms with van der Waals surface area (Å²) >= 11 is 0. The number of para-hydroxylation sites is 1. The van der Waals surface area contributed by atoms with Gasteiger partial charge in [-0.1, -0.05) is 42.5 Å². The molecule has 4 heterocycles. The first-order chi connectivity index (χ1) is 26.8. The van der Waals surface area contributed by atoms with Crippen molar-refractivity contribution in [2.75, 3.05) is 51.5 Å². The van der Waals surface area contributed by atoms with Crippen molar-refractivity contribution in [3.05, 3.63) is 143 Å². The average Bonchev–Trinajstić information content (AvgIpc) is 3.83. The summed E-state index contributed by atoms with van der Waals surface area (Å²) in [5.74, 6) is -0.104. The molecule has 11 heteroatoms. The van der Waals surface area contributed by atoms with Gasteiger partial charge in [0.2, 0.25) is 6.79 Å². The van der Waals surface area contributed by atoms with E-state index in [9.17, 15) is 9.90 Å². The van der Waals surface area contributed by atoms with Crippen LogP contribution in [0.4, 0.5) is 15.8 Å². The molecule has 0 aliphatic carbocycles. The Morgan fingerprint density at radius 1 is 0.800 bits per heavy atom. The molecule has 5 aromatic carbocycles. The van der Waals surface area contributed by atoms with Crippen LogP contribution >= 0.6 is 0 Å². The number of piperazine rings is 1. The van der Waals surface area contributed by atoms with Crippen molar-refractivity contribution in [1.82, 2.24) is 19.3 Å². The molecular weight excluding hydrogens is 698 g/mol. The molecule has 1 N–H and O–H groups in total. The third-order valence-electron chi connectivity index (χ3n) is 11.0. The molecule has 0 radical (unpaired) electrons. The first-order valence-corrected chi connectivity index (χ1v) is 18.5. The molecule has 0 unspecified atom stereocenters. The van der Waals surface area contributed by atoms with Crippen LogP contribution in [-0.4, -0.2) is 88.8 Å². The molecule has 3 aliphatic heterocycles. The SMILES string of the molecule is CN1CCN(C[C@@H]2Cc3ccccc3CN2C(=O)c2cc3c(cc2-n2cc(C(=O)N(c4ccccc4)c4ccc(O)cc4)c4cc(F)ccc42)OCO3)CC1. The van der Waals surface area contributed by atoms with Crippen LogP contribution in [0.15, 0.2) is 115 Å². The lowest BCUT2D eigenvalue weighted by atomic mass is 9.92. The largest absolute Gasteiger partial charge is 0.508 e. The van der Waals surface area contributed by atoms with Gasteiger partial charge in [-0.2, -0.15) is 0 Å². The Kier molecular flexibility index (Phi) is 8.95. The molecule has 2 amide bonds. The van der Waals surface area contributed by atoms with Crippen molar-refractivity contribution in [1.29, 1.82) is 0 Å². The minimum Gasteiger partial charge on any atom is -0.508 e. The van der Waals surface area contributed by atoms with E-state index in [-0.39, 0.29) is 30.1 Å². The van der Waals surface area contributed by atoms with Crippen LogP contribution in [0.3, 0.4) is 0 Å². The Labute approximate surface area is 318 Å². The van der Waals surface area contributed by atoms with Gasteiger partial charge >= 0.3 is 0 Å². The normalized spacial score (nSPS) is 17.0. The number of phenols is 1. The van der Waals surface area contributed by atoms with Crippen LogP contribution in [-0.2, 0) is 13.0 Å². The van der Waals surface area contributed by atoms with E-state index in [4.69, 9.17) is 9.47 Å². The van der Waals surface area contributed by atoms with E-state index in [0.29, 0.717) is 51.6 Å². The van der Waals surface area contributed by atoms with Crippen LogP contribution < -0.4 is 14.4 Å². The maximum absolute atomic E-state index is 15.2. The van der Waals surface area contributed by atoms with Gasteiger partial charge < -0.3 is 28.9 Å². The predicted octanol–water partition coefficient (Wildman–Crippen LogP) is 7.00. The molecule has 0 bridgehead atoms. The molecule has 3 aliphatic rings. The Hall–Kier alpha value is -6.17. The van der Waals surface area contributed by atoms with E-state index in [1.165, 1.54) is 34.7 Å². The van der Waals surface area contributed by atoms with Crippen molar-refractivity contribution in [3.63, 3.8) is 0 Å². The van der Waals surface area contributed by atoms with E-state index >= 15 is 9.18 Å². The lowest BCUT2D eigenvalue weighted by Gasteiger charge is -2.41. The number of phenolic OH excluding ortho intramolecular Hbond substituents is 1. The summed E-state index contributed by atoms with van der Waals surface area (Å²) in [4.78, 5) is 38.3. The van der Waals surface area contributed by atoms with Gasteiger partial charge in [-0.05, 0) is 85.3 Å². The monoisotopic (exact) mass is 737 g/mol. The Morgan fingerprint density at radius 2 is 1.49 bits per heavy atom. The molecule has 10 nitrogen and oxygen atoms in total. The third kappa shape index (κ3) is 6.55. The number of rotatable bonds is 7. The Bertz CT molecular complexity index is 2410. The van der Waals surface area contributed by atoms with E-state index in [1.54, 1.807) is 41.1 Å². The van der Waals surface area contributed by atoms with Crippen LogP contribution in [0.25, 0.3) is 16.6 Å². The van der Waals surface area contributed by atoms with Gasteiger partial charge in [0, 0.05) is 74.3 Å². The molecule has 6 aromatic rings. The van der Waals surface area contributed by atoms with Gasteiger partial charge in [0.1, 0.15) is 11.6 Å². The first kappa shape index (κ1) is 34.6. The number of aromatic hydroxyl groups is 1. The maximum atomic E-state index is 15.2. The van der Waals surface area contributed by atoms with Crippen molar-refractivity contribution < 1.29 is 28.6 Å². The van der Waals surface area contributed by atoms with Crippen LogP contribution in [0, 0.1) is 5.82 Å². The summed E-state index contributed by atoms with van der Waals surface area (Å²) in [5.41, 5.74) is 5.08. The highest BCUT2D eigenvalue weighted by Crippen LogP contribution is 2.40. The smallest absolute Gasteiger partial charge is 0.265 e. The minimum absolute atomic E-state index is 0.00950. The average molecular weight is 738 g/mol. The molecule has 9 rings (SSSR count). The van der Waals surface area contributed by atoms with Gasteiger partial charge in [0.15, 0.2) is 11.5 Å². The molecule has 1 saturated heterocycles. The number of carbonyl (C=O) groups excluding carboxylic acids is 2. The first-order valence-electron chi connectivity index (χ1n) is 18.5. The van der Waals surface area contributed by atoms with E-state index in [1.807, 2.05) is 41.3 Å². The van der Waals surface area contributed by atoms with Gasteiger partial charge in [-0.25, -0.2) is 4.39 Å². The molecular formula is C44H40FN5O5. The maximum Gasteiger partial charge on any atom is 0.265 e. The molecule has 1 atom stereocenters. The summed E-state index contributed by atoms with van der Waals surface area (Å²) in [7, 11) is 2.13. The highest BCUT2D eigenvalue weighted by Gasteiger charge is 2.35. The summed E-state index contributed by atoms with van der Waals surface area (Å²) in [6, 6.07) is 31.5. The molecule has 1 fully saturated rings. The number of halogens is 1. The lowest BCUT2D eigenvalue weighted by Crippen LogP contribution is -2.53. The fourth-order valence-electron chi connectivity index (χ4n) is 8.03. The summed E-state index contributed by atoms with van der Waals surface area (Å²) < 4.78 is 28.6. The fourth-order valence-corrected chi connectivity index (χ4v) is 8.03. The van der Waals surface area contributed by atoms with Crippen molar-refractivity contribution in [2.24, 2.45) is 0 Å². The molecule has 0 spiro atoms. The van der Waals surface area contributed by atoms with Crippen LogP contribution in [0.2, 0.25) is 0 Å². The van der Waals surface area contributed by atoms with Crippen molar-refractivity contribution in [3.8, 4) is 22.9 Å². The van der Waals surface area contributed by atoms with Gasteiger partial charge in [0.05, 0.1) is 22.3 Å². The Morgan fingerprint density at radius 3 is 2.25 bits per heavy atom. The molecule has 55 heavy (non-hydrogen) atoms. The van der Waals surface area contributed by atoms with E-state index in [2.05, 4.69) is 35.0 Å². The number of anilines is 2. The van der Waals surface area contributed by atoms with Gasteiger partial charge in [-0.15, -0.1) is 0 Å². The third-order valence-corrected chi connectivity index (χ3v) is 11.0. The highest BCUT2D eigenvalue weighted by atomic mass is 19.1. The number of hydrogen-bond acceptors (Lipinski definition) is 7. The van der Waals surface area contributed by atoms with E-state index < -0.39 is 11.7 Å². The van der Waals surface area contributed by atoms with Crippen LogP contribution in [0.5, 0.6) is 17.2 Å². The predicted molar refractivity (Wildman–Crippen MR) is 208 cm³/mol. The van der Waals surface area contributed by atoms with Crippen LogP contribution in [0.1, 0.15) is 31.8 Å². The number of fused-ring (bicyclic) bond motifs is 3. The van der Waals surface area contributed by atoms with E-state index in [0.717, 1.165) is 44.7 Å². The van der Waals surface area contributed by atoms with Gasteiger partial charge in [0.25, 0.3) is 11.8 Å². The molecule has 0 saturated carbocycles. The Balaban J connectivity index is 1.17.